The number of nitro benzene ring substituents is 1. The molecule has 1 rings (SSSR count). The molecule has 0 spiro atoms. The number of halogens is 1. The van der Waals surface area contributed by atoms with E-state index in [4.69, 9.17) is 4.74 Å². The molecule has 0 fully saturated rings. The summed E-state index contributed by atoms with van der Waals surface area (Å²) in [7, 11) is 0. The van der Waals surface area contributed by atoms with Crippen molar-refractivity contribution < 1.29 is 18.8 Å². The van der Waals surface area contributed by atoms with E-state index in [-0.39, 0.29) is 23.8 Å². The molecule has 0 heterocycles. The number of Topliss-reactive ketones (excluding diaryl/α,β-unsaturated/α-hetero) is 1. The zero-order chi connectivity index (χ0) is 12.1. The predicted molar refractivity (Wildman–Crippen MR) is 53.8 cm³/mol. The fourth-order valence-electron chi connectivity index (χ4n) is 0.981. The Balaban J connectivity index is 2.75. The van der Waals surface area contributed by atoms with Crippen molar-refractivity contribution in [2.45, 2.75) is 13.3 Å². The number of rotatable bonds is 5. The third kappa shape index (κ3) is 3.01. The molecule has 1 aromatic carbocycles. The summed E-state index contributed by atoms with van der Waals surface area (Å²) in [6, 6.07) is 3.01. The number of carbonyl (C=O) groups excluding carboxylic acids is 1. The number of non-ortho nitro benzene ring substituents is 1. The molecule has 86 valence electrons. The second-order valence-electron chi connectivity index (χ2n) is 3.05. The summed E-state index contributed by atoms with van der Waals surface area (Å²) < 4.78 is 18.1. The molecule has 16 heavy (non-hydrogen) atoms. The molecule has 1 aromatic rings. The number of ketones is 1. The van der Waals surface area contributed by atoms with Crippen LogP contribution in [0.2, 0.25) is 0 Å². The molecule has 0 saturated heterocycles. The number of nitrogens with zero attached hydrogens (tertiary/aromatic N) is 1. The minimum Gasteiger partial charge on any atom is -0.483 e. The molecule has 0 aromatic heterocycles. The second-order valence-corrected chi connectivity index (χ2v) is 3.05. The van der Waals surface area contributed by atoms with Gasteiger partial charge in [-0.2, -0.15) is 0 Å². The lowest BCUT2D eigenvalue weighted by molar-refractivity contribution is -0.385. The van der Waals surface area contributed by atoms with E-state index < -0.39 is 10.7 Å². The maximum Gasteiger partial charge on any atom is 0.272 e. The van der Waals surface area contributed by atoms with Crippen molar-refractivity contribution in [2.75, 3.05) is 6.61 Å². The molecular formula is C10H10FNO4. The largest absolute Gasteiger partial charge is 0.483 e. The van der Waals surface area contributed by atoms with Crippen LogP contribution >= 0.6 is 0 Å². The number of hydrogen-bond acceptors (Lipinski definition) is 4. The van der Waals surface area contributed by atoms with Crippen LogP contribution in [0.3, 0.4) is 0 Å². The number of nitro groups is 1. The van der Waals surface area contributed by atoms with Crippen LogP contribution in [0, 0.1) is 15.9 Å². The maximum atomic E-state index is 13.2. The normalized spacial score (nSPS) is 9.88. The summed E-state index contributed by atoms with van der Waals surface area (Å²) >= 11 is 0. The number of hydrogen-bond donors (Lipinski definition) is 0. The van der Waals surface area contributed by atoms with Gasteiger partial charge in [-0.15, -0.1) is 0 Å². The predicted octanol–water partition coefficient (Wildman–Crippen LogP) is 2.09. The van der Waals surface area contributed by atoms with Gasteiger partial charge in [0.05, 0.1) is 11.0 Å². The highest BCUT2D eigenvalue weighted by atomic mass is 19.1. The Morgan fingerprint density at radius 2 is 2.25 bits per heavy atom. The molecule has 5 nitrogen and oxygen atoms in total. The summed E-state index contributed by atoms with van der Waals surface area (Å²) in [4.78, 5) is 20.5. The summed E-state index contributed by atoms with van der Waals surface area (Å²) in [6.07, 6.45) is 0.300. The third-order valence-corrected chi connectivity index (χ3v) is 1.91. The van der Waals surface area contributed by atoms with Crippen molar-refractivity contribution in [2.24, 2.45) is 0 Å². The Morgan fingerprint density at radius 1 is 1.56 bits per heavy atom. The first-order valence-electron chi connectivity index (χ1n) is 4.63. The first-order valence-corrected chi connectivity index (χ1v) is 4.63. The van der Waals surface area contributed by atoms with E-state index in [9.17, 15) is 19.3 Å². The van der Waals surface area contributed by atoms with Gasteiger partial charge in [0, 0.05) is 12.5 Å². The van der Waals surface area contributed by atoms with E-state index in [0.717, 1.165) is 18.2 Å². The van der Waals surface area contributed by atoms with Crippen LogP contribution in [0.1, 0.15) is 13.3 Å². The summed E-state index contributed by atoms with van der Waals surface area (Å²) in [5, 5.41) is 10.3. The van der Waals surface area contributed by atoms with E-state index in [2.05, 4.69) is 0 Å². The van der Waals surface area contributed by atoms with E-state index in [0.29, 0.717) is 6.42 Å². The van der Waals surface area contributed by atoms with Gasteiger partial charge in [0.25, 0.3) is 5.69 Å². The van der Waals surface area contributed by atoms with Crippen molar-refractivity contribution >= 4 is 11.5 Å². The molecule has 0 aliphatic carbocycles. The highest BCUT2D eigenvalue weighted by Gasteiger charge is 2.12. The molecular weight excluding hydrogens is 217 g/mol. The molecule has 0 saturated carbocycles. The SMILES string of the molecule is CCC(=O)COc1ccc([N+](=O)[O-])cc1F. The lowest BCUT2D eigenvalue weighted by atomic mass is 10.3. The molecule has 0 N–H and O–H groups in total. The lowest BCUT2D eigenvalue weighted by Gasteiger charge is -2.05. The molecule has 0 aliphatic heterocycles. The van der Waals surface area contributed by atoms with Gasteiger partial charge >= 0.3 is 0 Å². The molecule has 0 bridgehead atoms. The minimum absolute atomic E-state index is 0.160. The van der Waals surface area contributed by atoms with Crippen molar-refractivity contribution in [1.29, 1.82) is 0 Å². The molecule has 0 radical (unpaired) electrons. The molecule has 0 atom stereocenters. The van der Waals surface area contributed by atoms with E-state index in [1.807, 2.05) is 0 Å². The van der Waals surface area contributed by atoms with Crippen LogP contribution < -0.4 is 4.74 Å². The van der Waals surface area contributed by atoms with Gasteiger partial charge in [0.2, 0.25) is 0 Å². The van der Waals surface area contributed by atoms with Crippen LogP contribution in [-0.2, 0) is 4.79 Å². The summed E-state index contributed by atoms with van der Waals surface area (Å²) in [6.45, 7) is 1.43. The quantitative estimate of drug-likeness (QED) is 0.570. The maximum absolute atomic E-state index is 13.2. The Labute approximate surface area is 91.0 Å². The smallest absolute Gasteiger partial charge is 0.272 e. The van der Waals surface area contributed by atoms with Crippen molar-refractivity contribution in [3.63, 3.8) is 0 Å². The van der Waals surface area contributed by atoms with Crippen LogP contribution in [0.25, 0.3) is 0 Å². The zero-order valence-electron chi connectivity index (χ0n) is 8.60. The first kappa shape index (κ1) is 12.1. The van der Waals surface area contributed by atoms with Gasteiger partial charge in [-0.05, 0) is 6.07 Å². The second kappa shape index (κ2) is 5.20. The fourth-order valence-corrected chi connectivity index (χ4v) is 0.981. The Morgan fingerprint density at radius 3 is 2.75 bits per heavy atom. The Kier molecular flexibility index (Phi) is 3.93. The molecule has 0 unspecified atom stereocenters. The van der Waals surface area contributed by atoms with Gasteiger partial charge in [-0.25, -0.2) is 4.39 Å². The Bertz CT molecular complexity index is 419. The third-order valence-electron chi connectivity index (χ3n) is 1.91. The van der Waals surface area contributed by atoms with Crippen LogP contribution in [0.15, 0.2) is 18.2 Å². The highest BCUT2D eigenvalue weighted by molar-refractivity contribution is 5.79. The molecule has 0 amide bonds. The van der Waals surface area contributed by atoms with Gasteiger partial charge in [0.15, 0.2) is 17.3 Å². The molecule has 6 heteroatoms. The van der Waals surface area contributed by atoms with Crippen molar-refractivity contribution in [3.8, 4) is 5.75 Å². The van der Waals surface area contributed by atoms with E-state index in [1.54, 1.807) is 6.92 Å². The molecule has 0 aliphatic rings. The van der Waals surface area contributed by atoms with E-state index in [1.165, 1.54) is 0 Å². The van der Waals surface area contributed by atoms with E-state index >= 15 is 0 Å². The topological polar surface area (TPSA) is 69.4 Å². The monoisotopic (exact) mass is 227 g/mol. The van der Waals surface area contributed by atoms with Crippen LogP contribution in [0.4, 0.5) is 10.1 Å². The van der Waals surface area contributed by atoms with Crippen LogP contribution in [0.5, 0.6) is 5.75 Å². The number of carbonyl (C=O) groups is 1. The summed E-state index contributed by atoms with van der Waals surface area (Å²) in [5.74, 6) is -1.18. The first-order chi connectivity index (χ1) is 7.54. The van der Waals surface area contributed by atoms with Gasteiger partial charge in [-0.3, -0.25) is 14.9 Å². The summed E-state index contributed by atoms with van der Waals surface area (Å²) in [5.41, 5.74) is -0.355. The van der Waals surface area contributed by atoms with Crippen LogP contribution in [-0.4, -0.2) is 17.3 Å². The van der Waals surface area contributed by atoms with Gasteiger partial charge in [-0.1, -0.05) is 6.92 Å². The fraction of sp³-hybridized carbons (Fsp3) is 0.300. The zero-order valence-corrected chi connectivity index (χ0v) is 8.60. The van der Waals surface area contributed by atoms with Crippen molar-refractivity contribution in [3.05, 3.63) is 34.1 Å². The van der Waals surface area contributed by atoms with Gasteiger partial charge in [0.1, 0.15) is 6.61 Å². The lowest BCUT2D eigenvalue weighted by Crippen LogP contribution is -2.10. The minimum atomic E-state index is -0.849. The highest BCUT2D eigenvalue weighted by Crippen LogP contribution is 2.22. The number of benzene rings is 1. The average molecular weight is 227 g/mol. The average Bonchev–Trinajstić information content (AvgIpc) is 2.26. The van der Waals surface area contributed by atoms with Gasteiger partial charge < -0.3 is 4.74 Å². The number of ether oxygens (including phenoxy) is 1. The standard InChI is InChI=1S/C10H10FNO4/c1-2-8(13)6-16-10-4-3-7(12(14)15)5-9(10)11/h3-5H,2,6H2,1H3. The Hall–Kier alpha value is -1.98. The van der Waals surface area contributed by atoms with Crippen molar-refractivity contribution in [1.82, 2.24) is 0 Å².